The zero-order valence-electron chi connectivity index (χ0n) is 8.53. The van der Waals surface area contributed by atoms with Crippen LogP contribution in [-0.2, 0) is 12.8 Å². The minimum absolute atomic E-state index is 0.161. The summed E-state index contributed by atoms with van der Waals surface area (Å²) in [5.41, 5.74) is 1.41. The second kappa shape index (κ2) is 3.40. The Morgan fingerprint density at radius 1 is 1.25 bits per heavy atom. The number of rotatable bonds is 1. The standard InChI is InChI=1S/C12H10F2N2/c13-11-2-1-8-5-9(6-10(8)12(11)14)16-4-3-15-7-16/h1-4,7,9H,5-6H2. The molecule has 0 radical (unpaired) electrons. The molecule has 1 aromatic heterocycles. The highest BCUT2D eigenvalue weighted by Gasteiger charge is 2.26. The van der Waals surface area contributed by atoms with Gasteiger partial charge in [-0.15, -0.1) is 0 Å². The maximum absolute atomic E-state index is 13.5. The fourth-order valence-corrected chi connectivity index (χ4v) is 2.30. The minimum atomic E-state index is -0.759. The Labute approximate surface area is 91.5 Å². The normalized spacial score (nSPS) is 18.8. The van der Waals surface area contributed by atoms with Crippen molar-refractivity contribution in [3.63, 3.8) is 0 Å². The number of hydrogen-bond acceptors (Lipinski definition) is 1. The Morgan fingerprint density at radius 2 is 2.12 bits per heavy atom. The van der Waals surface area contributed by atoms with Crippen LogP contribution in [0.25, 0.3) is 0 Å². The summed E-state index contributed by atoms with van der Waals surface area (Å²) >= 11 is 0. The van der Waals surface area contributed by atoms with Crippen molar-refractivity contribution in [2.45, 2.75) is 18.9 Å². The highest BCUT2D eigenvalue weighted by molar-refractivity contribution is 5.35. The van der Waals surface area contributed by atoms with Gasteiger partial charge in [0.2, 0.25) is 0 Å². The molecule has 0 amide bonds. The van der Waals surface area contributed by atoms with E-state index in [1.807, 2.05) is 10.8 Å². The highest BCUT2D eigenvalue weighted by Crippen LogP contribution is 2.32. The van der Waals surface area contributed by atoms with Gasteiger partial charge in [0.05, 0.1) is 6.33 Å². The zero-order chi connectivity index (χ0) is 11.1. The first kappa shape index (κ1) is 9.51. The molecule has 1 heterocycles. The van der Waals surface area contributed by atoms with Crippen molar-refractivity contribution in [1.29, 1.82) is 0 Å². The average molecular weight is 220 g/mol. The van der Waals surface area contributed by atoms with Crippen LogP contribution in [0.15, 0.2) is 30.9 Å². The number of benzene rings is 1. The second-order valence-electron chi connectivity index (χ2n) is 4.07. The molecule has 0 aliphatic heterocycles. The molecule has 0 N–H and O–H groups in total. The molecule has 1 aliphatic rings. The Hall–Kier alpha value is -1.71. The van der Waals surface area contributed by atoms with Crippen molar-refractivity contribution in [3.8, 4) is 0 Å². The first-order valence-electron chi connectivity index (χ1n) is 5.19. The molecule has 3 rings (SSSR count). The molecule has 2 nitrogen and oxygen atoms in total. The quantitative estimate of drug-likeness (QED) is 0.722. The topological polar surface area (TPSA) is 17.8 Å². The summed E-state index contributed by atoms with van der Waals surface area (Å²) in [4.78, 5) is 3.96. The van der Waals surface area contributed by atoms with Gasteiger partial charge in [-0.3, -0.25) is 0 Å². The lowest BCUT2D eigenvalue weighted by atomic mass is 10.1. The number of imidazole rings is 1. The van der Waals surface area contributed by atoms with Crippen LogP contribution in [0.3, 0.4) is 0 Å². The number of halogens is 2. The average Bonchev–Trinajstić information content (AvgIpc) is 2.91. The number of fused-ring (bicyclic) bond motifs is 1. The van der Waals surface area contributed by atoms with Crippen molar-refractivity contribution in [2.75, 3.05) is 0 Å². The highest BCUT2D eigenvalue weighted by atomic mass is 19.2. The third-order valence-corrected chi connectivity index (χ3v) is 3.13. The lowest BCUT2D eigenvalue weighted by molar-refractivity contribution is 0.488. The maximum Gasteiger partial charge on any atom is 0.162 e. The van der Waals surface area contributed by atoms with Gasteiger partial charge in [-0.2, -0.15) is 0 Å². The summed E-state index contributed by atoms with van der Waals surface area (Å²) in [6.07, 6.45) is 6.54. The third-order valence-electron chi connectivity index (χ3n) is 3.13. The van der Waals surface area contributed by atoms with Gasteiger partial charge in [0, 0.05) is 18.4 Å². The zero-order valence-corrected chi connectivity index (χ0v) is 8.53. The molecule has 4 heteroatoms. The van der Waals surface area contributed by atoms with E-state index in [1.54, 1.807) is 18.6 Å². The van der Waals surface area contributed by atoms with Gasteiger partial charge in [0.25, 0.3) is 0 Å². The van der Waals surface area contributed by atoms with Crippen molar-refractivity contribution in [1.82, 2.24) is 9.55 Å². The molecule has 1 atom stereocenters. The molecule has 82 valence electrons. The SMILES string of the molecule is Fc1ccc2c(c1F)CC(n1ccnc1)C2. The van der Waals surface area contributed by atoms with E-state index >= 15 is 0 Å². The molecule has 16 heavy (non-hydrogen) atoms. The van der Waals surface area contributed by atoms with Crippen LogP contribution >= 0.6 is 0 Å². The van der Waals surface area contributed by atoms with Gasteiger partial charge in [0.15, 0.2) is 11.6 Å². The molecule has 1 aliphatic carbocycles. The first-order valence-corrected chi connectivity index (χ1v) is 5.19. The third kappa shape index (κ3) is 1.33. The van der Waals surface area contributed by atoms with E-state index in [4.69, 9.17) is 0 Å². The largest absolute Gasteiger partial charge is 0.334 e. The minimum Gasteiger partial charge on any atom is -0.334 e. The van der Waals surface area contributed by atoms with E-state index in [0.29, 0.717) is 12.0 Å². The molecule has 1 unspecified atom stereocenters. The predicted molar refractivity (Wildman–Crippen MR) is 55.0 cm³/mol. The van der Waals surface area contributed by atoms with E-state index in [0.717, 1.165) is 12.0 Å². The fourth-order valence-electron chi connectivity index (χ4n) is 2.30. The van der Waals surface area contributed by atoms with Crippen LogP contribution in [0.4, 0.5) is 8.78 Å². The molecule has 0 fully saturated rings. The van der Waals surface area contributed by atoms with Crippen molar-refractivity contribution < 1.29 is 8.78 Å². The molecule has 0 bridgehead atoms. The molecule has 0 saturated heterocycles. The van der Waals surface area contributed by atoms with E-state index in [9.17, 15) is 8.78 Å². The van der Waals surface area contributed by atoms with Crippen molar-refractivity contribution in [2.24, 2.45) is 0 Å². The first-order chi connectivity index (χ1) is 7.75. The fraction of sp³-hybridized carbons (Fsp3) is 0.250. The van der Waals surface area contributed by atoms with E-state index < -0.39 is 11.6 Å². The van der Waals surface area contributed by atoms with Crippen LogP contribution in [0.5, 0.6) is 0 Å². The summed E-state index contributed by atoms with van der Waals surface area (Å²) < 4.78 is 28.5. The Bertz CT molecular complexity index is 520. The van der Waals surface area contributed by atoms with Crippen LogP contribution in [-0.4, -0.2) is 9.55 Å². The number of nitrogens with zero attached hydrogens (tertiary/aromatic N) is 2. The molecule has 1 aromatic carbocycles. The van der Waals surface area contributed by atoms with E-state index in [1.165, 1.54) is 6.07 Å². The van der Waals surface area contributed by atoms with Gasteiger partial charge in [-0.05, 0) is 30.0 Å². The van der Waals surface area contributed by atoms with Gasteiger partial charge in [-0.1, -0.05) is 6.07 Å². The van der Waals surface area contributed by atoms with E-state index in [-0.39, 0.29) is 6.04 Å². The Balaban J connectivity index is 1.98. The van der Waals surface area contributed by atoms with Crippen LogP contribution < -0.4 is 0 Å². The summed E-state index contributed by atoms with van der Waals surface area (Å²) in [5, 5.41) is 0. The molecular weight excluding hydrogens is 210 g/mol. The van der Waals surface area contributed by atoms with Gasteiger partial charge < -0.3 is 4.57 Å². The smallest absolute Gasteiger partial charge is 0.162 e. The molecule has 2 aromatic rings. The van der Waals surface area contributed by atoms with Gasteiger partial charge in [0.1, 0.15) is 0 Å². The van der Waals surface area contributed by atoms with Crippen LogP contribution in [0, 0.1) is 11.6 Å². The van der Waals surface area contributed by atoms with Crippen LogP contribution in [0.2, 0.25) is 0 Å². The summed E-state index contributed by atoms with van der Waals surface area (Å²) in [7, 11) is 0. The van der Waals surface area contributed by atoms with Crippen LogP contribution in [0.1, 0.15) is 17.2 Å². The second-order valence-corrected chi connectivity index (χ2v) is 4.07. The summed E-state index contributed by atoms with van der Waals surface area (Å²) in [5.74, 6) is -1.45. The van der Waals surface area contributed by atoms with Crippen molar-refractivity contribution in [3.05, 3.63) is 53.6 Å². The monoisotopic (exact) mass is 220 g/mol. The lowest BCUT2D eigenvalue weighted by Crippen LogP contribution is -2.06. The van der Waals surface area contributed by atoms with Crippen molar-refractivity contribution >= 4 is 0 Å². The lowest BCUT2D eigenvalue weighted by Gasteiger charge is -2.09. The Morgan fingerprint density at radius 3 is 2.88 bits per heavy atom. The summed E-state index contributed by atoms with van der Waals surface area (Å²) in [6.45, 7) is 0. The molecular formula is C12H10F2N2. The molecule has 0 spiro atoms. The molecule has 0 saturated carbocycles. The number of aromatic nitrogens is 2. The predicted octanol–water partition coefficient (Wildman–Crippen LogP) is 2.50. The summed E-state index contributed by atoms with van der Waals surface area (Å²) in [6, 6.07) is 3.03. The number of hydrogen-bond donors (Lipinski definition) is 0. The van der Waals surface area contributed by atoms with Gasteiger partial charge >= 0.3 is 0 Å². The van der Waals surface area contributed by atoms with Gasteiger partial charge in [-0.25, -0.2) is 13.8 Å². The van der Waals surface area contributed by atoms with E-state index in [2.05, 4.69) is 4.98 Å². The maximum atomic E-state index is 13.5. The Kier molecular flexibility index (Phi) is 2.02.